The van der Waals surface area contributed by atoms with Gasteiger partial charge in [-0.05, 0) is 13.8 Å². The van der Waals surface area contributed by atoms with Crippen molar-refractivity contribution >= 4 is 27.9 Å². The maximum Gasteiger partial charge on any atom is 0.301 e. The van der Waals surface area contributed by atoms with Crippen molar-refractivity contribution in [1.29, 1.82) is 0 Å². The summed E-state index contributed by atoms with van der Waals surface area (Å²) in [5.74, 6) is -0.148. The molecule has 1 heterocycles. The molecule has 0 bridgehead atoms. The van der Waals surface area contributed by atoms with Gasteiger partial charge in [0.15, 0.2) is 0 Å². The van der Waals surface area contributed by atoms with Crippen LogP contribution in [0.2, 0.25) is 0 Å². The molecule has 0 aliphatic carbocycles. The molecule has 0 unspecified atom stereocenters. The first-order chi connectivity index (χ1) is 4.89. The van der Waals surface area contributed by atoms with Crippen molar-refractivity contribution in [3.05, 3.63) is 0 Å². The van der Waals surface area contributed by atoms with Crippen molar-refractivity contribution in [3.63, 3.8) is 0 Å². The quantitative estimate of drug-likeness (QED) is 0.301. The van der Waals surface area contributed by atoms with Gasteiger partial charge in [-0.1, -0.05) is 0 Å². The van der Waals surface area contributed by atoms with Gasteiger partial charge in [0, 0.05) is 0 Å². The van der Waals surface area contributed by atoms with Crippen LogP contribution in [0, 0.1) is 0 Å². The van der Waals surface area contributed by atoms with Crippen molar-refractivity contribution < 1.29 is 9.59 Å². The molecule has 0 saturated carbocycles. The van der Waals surface area contributed by atoms with Gasteiger partial charge in [0.25, 0.3) is 0 Å². The van der Waals surface area contributed by atoms with Gasteiger partial charge in [-0.3, -0.25) is 9.59 Å². The van der Waals surface area contributed by atoms with Gasteiger partial charge < -0.3 is 9.62 Å². The molecule has 0 aromatic rings. The van der Waals surface area contributed by atoms with E-state index in [0.717, 1.165) is 4.81 Å². The van der Waals surface area contributed by atoms with E-state index in [0.29, 0.717) is 0 Å². The van der Waals surface area contributed by atoms with Crippen LogP contribution in [-0.4, -0.2) is 43.1 Å². The van der Waals surface area contributed by atoms with E-state index in [2.05, 4.69) is 0 Å². The SMILES string of the molecule is BN1C(=O)N(B)C(C)(C)C1=O. The Bertz CT molecular complexity index is 229. The van der Waals surface area contributed by atoms with E-state index in [1.54, 1.807) is 21.8 Å². The molecule has 0 aromatic carbocycles. The van der Waals surface area contributed by atoms with Crippen LogP contribution in [0.1, 0.15) is 13.8 Å². The minimum absolute atomic E-state index is 0.148. The van der Waals surface area contributed by atoms with E-state index in [1.165, 1.54) is 12.8 Å². The summed E-state index contributed by atoms with van der Waals surface area (Å²) in [7, 11) is 3.12. The number of carbonyl (C=O) groups excluding carboxylic acids is 2. The van der Waals surface area contributed by atoms with E-state index in [9.17, 15) is 9.59 Å². The zero-order valence-corrected chi connectivity index (χ0v) is 7.21. The van der Waals surface area contributed by atoms with Crippen LogP contribution in [0.4, 0.5) is 4.79 Å². The van der Waals surface area contributed by atoms with Gasteiger partial charge >= 0.3 is 6.03 Å². The Kier molecular flexibility index (Phi) is 1.51. The Hall–Kier alpha value is -0.930. The van der Waals surface area contributed by atoms with Crippen molar-refractivity contribution in [1.82, 2.24) is 9.62 Å². The molecule has 6 heteroatoms. The second-order valence-electron chi connectivity index (χ2n) is 3.26. The van der Waals surface area contributed by atoms with Gasteiger partial charge in [-0.15, -0.1) is 0 Å². The third-order valence-corrected chi connectivity index (χ3v) is 2.24. The Balaban J connectivity index is 3.06. The molecule has 0 atom stereocenters. The Labute approximate surface area is 67.4 Å². The standard InChI is InChI=1S/C5H10B2N2O2/c1-5(2)3(10)8(6)4(11)9(5)7/h6-7H2,1-2H3. The zero-order valence-electron chi connectivity index (χ0n) is 7.21. The van der Waals surface area contributed by atoms with Gasteiger partial charge in [0.2, 0.25) is 21.9 Å². The molecule has 3 amide bonds. The predicted molar refractivity (Wildman–Crippen MR) is 45.2 cm³/mol. The Morgan fingerprint density at radius 3 is 1.82 bits per heavy atom. The minimum atomic E-state index is -0.675. The molecule has 0 spiro atoms. The number of imide groups is 1. The first kappa shape index (κ1) is 8.17. The monoisotopic (exact) mass is 152 g/mol. The largest absolute Gasteiger partial charge is 0.364 e. The number of urea groups is 1. The van der Waals surface area contributed by atoms with Gasteiger partial charge in [-0.25, -0.2) is 0 Å². The molecule has 0 N–H and O–H groups in total. The number of nitrogens with zero attached hydrogens (tertiary/aromatic N) is 2. The Morgan fingerprint density at radius 2 is 1.73 bits per heavy atom. The summed E-state index contributed by atoms with van der Waals surface area (Å²) >= 11 is 0. The average Bonchev–Trinajstić information content (AvgIpc) is 2.06. The predicted octanol–water partition coefficient (Wildman–Crippen LogP) is -1.87. The summed E-state index contributed by atoms with van der Waals surface area (Å²) in [6.45, 7) is 3.47. The van der Waals surface area contributed by atoms with E-state index in [1.807, 2.05) is 0 Å². The highest BCUT2D eigenvalue weighted by Gasteiger charge is 2.45. The highest BCUT2D eigenvalue weighted by atomic mass is 16.2. The summed E-state index contributed by atoms with van der Waals surface area (Å²) in [4.78, 5) is 25.1. The summed E-state index contributed by atoms with van der Waals surface area (Å²) in [5, 5.41) is 0. The molecular formula is C5H10B2N2O2. The minimum Gasteiger partial charge on any atom is -0.364 e. The first-order valence-electron chi connectivity index (χ1n) is 3.45. The third-order valence-electron chi connectivity index (χ3n) is 2.24. The lowest BCUT2D eigenvalue weighted by molar-refractivity contribution is -0.127. The second-order valence-corrected chi connectivity index (χ2v) is 3.26. The lowest BCUT2D eigenvalue weighted by Gasteiger charge is -2.23. The number of hydrogen-bond acceptors (Lipinski definition) is 2. The van der Waals surface area contributed by atoms with Crippen LogP contribution >= 0.6 is 0 Å². The molecule has 0 radical (unpaired) electrons. The lowest BCUT2D eigenvalue weighted by atomic mass is 10.0. The van der Waals surface area contributed by atoms with E-state index >= 15 is 0 Å². The fraction of sp³-hybridized carbons (Fsp3) is 0.600. The van der Waals surface area contributed by atoms with Crippen molar-refractivity contribution in [3.8, 4) is 0 Å². The van der Waals surface area contributed by atoms with E-state index < -0.39 is 5.54 Å². The number of rotatable bonds is 0. The van der Waals surface area contributed by atoms with Crippen LogP contribution in [0.3, 0.4) is 0 Å². The second kappa shape index (κ2) is 2.03. The summed E-state index contributed by atoms with van der Waals surface area (Å²) < 4.78 is 0. The van der Waals surface area contributed by atoms with E-state index in [-0.39, 0.29) is 11.9 Å². The number of amides is 3. The summed E-state index contributed by atoms with van der Waals surface area (Å²) in [6, 6.07) is -0.236. The van der Waals surface area contributed by atoms with Gasteiger partial charge in [0.05, 0.1) is 0 Å². The number of carbonyl (C=O) groups is 2. The molecule has 1 rings (SSSR count). The van der Waals surface area contributed by atoms with Crippen LogP contribution in [0.15, 0.2) is 0 Å². The van der Waals surface area contributed by atoms with Crippen molar-refractivity contribution in [2.24, 2.45) is 0 Å². The maximum absolute atomic E-state index is 11.3. The molecule has 1 aliphatic heterocycles. The van der Waals surface area contributed by atoms with Crippen LogP contribution in [0.25, 0.3) is 0 Å². The van der Waals surface area contributed by atoms with Crippen molar-refractivity contribution in [2.45, 2.75) is 19.4 Å². The van der Waals surface area contributed by atoms with Crippen molar-refractivity contribution in [2.75, 3.05) is 0 Å². The summed E-state index contributed by atoms with van der Waals surface area (Å²) in [6.07, 6.45) is 0. The highest BCUT2D eigenvalue weighted by molar-refractivity contribution is 6.34. The molecule has 58 valence electrons. The average molecular weight is 152 g/mol. The smallest absolute Gasteiger partial charge is 0.301 e. The van der Waals surface area contributed by atoms with Gasteiger partial charge in [-0.2, -0.15) is 0 Å². The fourth-order valence-electron chi connectivity index (χ4n) is 1.10. The topological polar surface area (TPSA) is 40.6 Å². The van der Waals surface area contributed by atoms with Gasteiger partial charge in [0.1, 0.15) is 5.54 Å². The molecule has 0 aromatic heterocycles. The maximum atomic E-state index is 11.3. The van der Waals surface area contributed by atoms with Crippen LogP contribution in [-0.2, 0) is 4.79 Å². The normalized spacial score (nSPS) is 23.1. The molecule has 1 fully saturated rings. The first-order valence-corrected chi connectivity index (χ1v) is 3.45. The molecule has 11 heavy (non-hydrogen) atoms. The van der Waals surface area contributed by atoms with E-state index in [4.69, 9.17) is 0 Å². The molecule has 4 nitrogen and oxygen atoms in total. The molecular weight excluding hydrogens is 142 g/mol. The lowest BCUT2D eigenvalue weighted by Crippen LogP contribution is -2.42. The van der Waals surface area contributed by atoms with Crippen LogP contribution < -0.4 is 0 Å². The van der Waals surface area contributed by atoms with Crippen LogP contribution in [0.5, 0.6) is 0 Å². The molecule has 1 aliphatic rings. The fourth-order valence-corrected chi connectivity index (χ4v) is 1.10. The molecule has 1 saturated heterocycles. The summed E-state index contributed by atoms with van der Waals surface area (Å²) in [5.41, 5.74) is -0.675. The zero-order chi connectivity index (χ0) is 8.81. The highest BCUT2D eigenvalue weighted by Crippen LogP contribution is 2.22. The number of hydrogen-bond donors (Lipinski definition) is 0. The third kappa shape index (κ3) is 0.852. The Morgan fingerprint density at radius 1 is 1.27 bits per heavy atom.